The first-order chi connectivity index (χ1) is 13.7. The minimum Gasteiger partial charge on any atom is -0.390 e. The number of amides is 1. The van der Waals surface area contributed by atoms with E-state index < -0.39 is 0 Å². The molecule has 4 nitrogen and oxygen atoms in total. The van der Waals surface area contributed by atoms with Crippen LogP contribution >= 0.6 is 0 Å². The summed E-state index contributed by atoms with van der Waals surface area (Å²) in [5.74, 6) is 0.0340. The Kier molecular flexibility index (Phi) is 5.11. The lowest BCUT2D eigenvalue weighted by Gasteiger charge is -2.24. The van der Waals surface area contributed by atoms with E-state index in [0.29, 0.717) is 19.5 Å². The fraction of sp³-hybridized carbons (Fsp3) is 0.250. The number of nitrogens with zero attached hydrogens (tertiary/aromatic N) is 2. The number of fused-ring (bicyclic) bond motifs is 1. The molecule has 1 aliphatic rings. The number of hydrogen-bond acceptors (Lipinski definition) is 3. The molecule has 0 bridgehead atoms. The van der Waals surface area contributed by atoms with Crippen molar-refractivity contribution >= 4 is 22.4 Å². The lowest BCUT2D eigenvalue weighted by atomic mass is 10.0. The van der Waals surface area contributed by atoms with Crippen LogP contribution in [0.15, 0.2) is 71.9 Å². The quantitative estimate of drug-likeness (QED) is 0.645. The van der Waals surface area contributed by atoms with E-state index in [4.69, 9.17) is 4.84 Å². The van der Waals surface area contributed by atoms with Crippen LogP contribution in [0.2, 0.25) is 0 Å². The summed E-state index contributed by atoms with van der Waals surface area (Å²) in [6.45, 7) is 5.22. The zero-order valence-electron chi connectivity index (χ0n) is 16.3. The van der Waals surface area contributed by atoms with Gasteiger partial charge in [-0.25, -0.2) is 0 Å². The molecule has 0 saturated carbocycles. The molecular weight excluding hydrogens is 348 g/mol. The number of hydrogen-bond donors (Lipinski definition) is 0. The van der Waals surface area contributed by atoms with Crippen LogP contribution in [0.25, 0.3) is 10.8 Å². The van der Waals surface area contributed by atoms with Crippen molar-refractivity contribution in [2.24, 2.45) is 5.16 Å². The molecule has 4 heteroatoms. The van der Waals surface area contributed by atoms with Gasteiger partial charge in [-0.05, 0) is 36.2 Å². The third-order valence-corrected chi connectivity index (χ3v) is 5.23. The molecule has 142 valence electrons. The molecular formula is C24H24N2O2. The van der Waals surface area contributed by atoms with Crippen LogP contribution in [-0.4, -0.2) is 35.7 Å². The topological polar surface area (TPSA) is 41.9 Å². The molecule has 1 atom stereocenters. The Balaban J connectivity index is 1.48. The van der Waals surface area contributed by atoms with E-state index in [-0.39, 0.29) is 12.0 Å². The predicted molar refractivity (Wildman–Crippen MR) is 113 cm³/mol. The van der Waals surface area contributed by atoms with Gasteiger partial charge in [0.1, 0.15) is 0 Å². The van der Waals surface area contributed by atoms with Crippen LogP contribution in [0.1, 0.15) is 34.8 Å². The van der Waals surface area contributed by atoms with Gasteiger partial charge in [0.15, 0.2) is 6.10 Å². The van der Waals surface area contributed by atoms with Gasteiger partial charge in [0.05, 0.1) is 12.3 Å². The number of rotatable bonds is 5. The number of aryl methyl sites for hydroxylation is 1. The SMILES string of the molecule is CCN(CC1CC(c2ccc(C)cc2)=NO1)C(=O)c1cccc2ccccc12. The summed E-state index contributed by atoms with van der Waals surface area (Å²) < 4.78 is 0. The second-order valence-electron chi connectivity index (χ2n) is 7.21. The van der Waals surface area contributed by atoms with Crippen molar-refractivity contribution in [1.82, 2.24) is 4.90 Å². The van der Waals surface area contributed by atoms with Crippen LogP contribution in [-0.2, 0) is 4.84 Å². The van der Waals surface area contributed by atoms with E-state index in [2.05, 4.69) is 36.3 Å². The summed E-state index contributed by atoms with van der Waals surface area (Å²) in [7, 11) is 0. The molecule has 1 unspecified atom stereocenters. The molecule has 28 heavy (non-hydrogen) atoms. The van der Waals surface area contributed by atoms with Gasteiger partial charge in [0.2, 0.25) is 0 Å². The van der Waals surface area contributed by atoms with Gasteiger partial charge < -0.3 is 9.74 Å². The summed E-state index contributed by atoms with van der Waals surface area (Å²) in [4.78, 5) is 20.7. The Labute approximate surface area is 165 Å². The molecule has 0 fully saturated rings. The minimum atomic E-state index is -0.116. The second kappa shape index (κ2) is 7.85. The van der Waals surface area contributed by atoms with Crippen LogP contribution in [0.4, 0.5) is 0 Å². The number of carbonyl (C=O) groups excluding carboxylic acids is 1. The van der Waals surface area contributed by atoms with Crippen LogP contribution in [0.5, 0.6) is 0 Å². The molecule has 1 aliphatic heterocycles. The first-order valence-electron chi connectivity index (χ1n) is 9.72. The Morgan fingerprint density at radius 2 is 1.82 bits per heavy atom. The molecule has 0 aliphatic carbocycles. The molecule has 0 aromatic heterocycles. The Hall–Kier alpha value is -3.14. The molecule has 3 aromatic rings. The number of benzene rings is 3. The molecule has 0 N–H and O–H groups in total. The summed E-state index contributed by atoms with van der Waals surface area (Å²) in [5, 5.41) is 6.32. The van der Waals surface area contributed by atoms with E-state index in [1.165, 1.54) is 5.56 Å². The monoisotopic (exact) mass is 372 g/mol. The molecule has 3 aromatic carbocycles. The van der Waals surface area contributed by atoms with Crippen molar-refractivity contribution < 1.29 is 9.63 Å². The van der Waals surface area contributed by atoms with Crippen molar-refractivity contribution in [2.45, 2.75) is 26.4 Å². The third-order valence-electron chi connectivity index (χ3n) is 5.23. The maximum atomic E-state index is 13.2. The summed E-state index contributed by atoms with van der Waals surface area (Å²) in [5.41, 5.74) is 3.98. The highest BCUT2D eigenvalue weighted by Crippen LogP contribution is 2.22. The first-order valence-corrected chi connectivity index (χ1v) is 9.72. The standard InChI is InChI=1S/C24H24N2O2/c1-3-26(24(27)22-10-6-8-18-7-4-5-9-21(18)22)16-20-15-23(25-28-20)19-13-11-17(2)12-14-19/h4-14,20H,3,15-16H2,1-2H3. The van der Waals surface area contributed by atoms with Crippen LogP contribution in [0, 0.1) is 6.92 Å². The maximum absolute atomic E-state index is 13.2. The second-order valence-corrected chi connectivity index (χ2v) is 7.21. The lowest BCUT2D eigenvalue weighted by molar-refractivity contribution is 0.0437. The molecule has 0 spiro atoms. The van der Waals surface area contributed by atoms with Gasteiger partial charge in [-0.15, -0.1) is 0 Å². The van der Waals surface area contributed by atoms with E-state index >= 15 is 0 Å². The summed E-state index contributed by atoms with van der Waals surface area (Å²) in [6.07, 6.45) is 0.595. The summed E-state index contributed by atoms with van der Waals surface area (Å²) >= 11 is 0. The third kappa shape index (κ3) is 3.63. The molecule has 0 saturated heterocycles. The Morgan fingerprint density at radius 3 is 2.61 bits per heavy atom. The largest absolute Gasteiger partial charge is 0.390 e. The smallest absolute Gasteiger partial charge is 0.254 e. The first kappa shape index (κ1) is 18.2. The van der Waals surface area contributed by atoms with Crippen molar-refractivity contribution in [2.75, 3.05) is 13.1 Å². The van der Waals surface area contributed by atoms with E-state index in [0.717, 1.165) is 27.6 Å². The van der Waals surface area contributed by atoms with Crippen LogP contribution < -0.4 is 0 Å². The number of oxime groups is 1. The normalized spacial score (nSPS) is 15.9. The highest BCUT2D eigenvalue weighted by molar-refractivity contribution is 6.07. The number of likely N-dealkylation sites (N-methyl/N-ethyl adjacent to an activating group) is 1. The van der Waals surface area contributed by atoms with Crippen molar-refractivity contribution in [1.29, 1.82) is 0 Å². The Morgan fingerprint density at radius 1 is 1.07 bits per heavy atom. The average Bonchev–Trinajstić information content (AvgIpc) is 3.20. The van der Waals surface area contributed by atoms with Gasteiger partial charge in [-0.1, -0.05) is 71.4 Å². The number of carbonyl (C=O) groups is 1. The fourth-order valence-electron chi connectivity index (χ4n) is 3.63. The van der Waals surface area contributed by atoms with Gasteiger partial charge in [0.25, 0.3) is 5.91 Å². The van der Waals surface area contributed by atoms with E-state index in [9.17, 15) is 4.79 Å². The Bertz CT molecular complexity index is 1020. The van der Waals surface area contributed by atoms with Gasteiger partial charge in [-0.3, -0.25) is 4.79 Å². The van der Waals surface area contributed by atoms with Crippen molar-refractivity contribution in [3.63, 3.8) is 0 Å². The molecule has 4 rings (SSSR count). The van der Waals surface area contributed by atoms with Crippen LogP contribution in [0.3, 0.4) is 0 Å². The maximum Gasteiger partial charge on any atom is 0.254 e. The highest BCUT2D eigenvalue weighted by atomic mass is 16.6. The molecule has 1 amide bonds. The highest BCUT2D eigenvalue weighted by Gasteiger charge is 2.27. The van der Waals surface area contributed by atoms with E-state index in [1.54, 1.807) is 0 Å². The summed E-state index contributed by atoms with van der Waals surface area (Å²) in [6, 6.07) is 22.2. The zero-order chi connectivity index (χ0) is 19.5. The molecule has 1 heterocycles. The van der Waals surface area contributed by atoms with Gasteiger partial charge in [0, 0.05) is 18.5 Å². The van der Waals surface area contributed by atoms with E-state index in [1.807, 2.05) is 54.3 Å². The van der Waals surface area contributed by atoms with Crippen molar-refractivity contribution in [3.05, 3.63) is 83.4 Å². The molecule has 0 radical (unpaired) electrons. The van der Waals surface area contributed by atoms with Crippen molar-refractivity contribution in [3.8, 4) is 0 Å². The average molecular weight is 372 g/mol. The fourth-order valence-corrected chi connectivity index (χ4v) is 3.63. The van der Waals surface area contributed by atoms with Gasteiger partial charge in [-0.2, -0.15) is 0 Å². The van der Waals surface area contributed by atoms with Gasteiger partial charge >= 0.3 is 0 Å². The minimum absolute atomic E-state index is 0.0340. The lowest BCUT2D eigenvalue weighted by Crippen LogP contribution is -2.37. The zero-order valence-corrected chi connectivity index (χ0v) is 16.3. The predicted octanol–water partition coefficient (Wildman–Crippen LogP) is 4.80.